The highest BCUT2D eigenvalue weighted by Crippen LogP contribution is 2.30. The molecule has 1 heterocycles. The molecule has 19 heavy (non-hydrogen) atoms. The first kappa shape index (κ1) is 12.7. The van der Waals surface area contributed by atoms with Crippen LogP contribution in [0.5, 0.6) is 0 Å². The Labute approximate surface area is 125 Å². The number of carbonyl (C=O) groups is 1. The Morgan fingerprint density at radius 1 is 1.26 bits per heavy atom. The molecule has 98 valence electrons. The fourth-order valence-corrected chi connectivity index (χ4v) is 2.44. The third-order valence-electron chi connectivity index (χ3n) is 3.25. The monoisotopic (exact) mass is 367 g/mol. The quantitative estimate of drug-likeness (QED) is 0.773. The number of carbonyl (C=O) groups excluding carboxylic acids is 1. The zero-order valence-electron chi connectivity index (χ0n) is 10.4. The van der Waals surface area contributed by atoms with Crippen molar-refractivity contribution in [1.29, 1.82) is 0 Å². The average Bonchev–Trinajstić information content (AvgIpc) is 3.13. The molecule has 1 aromatic heterocycles. The molecule has 0 unspecified atom stereocenters. The Bertz CT molecular complexity index is 558. The van der Waals surface area contributed by atoms with Crippen LogP contribution in [0, 0.1) is 3.57 Å². The van der Waals surface area contributed by atoms with Gasteiger partial charge in [0.25, 0.3) is 5.91 Å². The summed E-state index contributed by atoms with van der Waals surface area (Å²) in [7, 11) is 0. The van der Waals surface area contributed by atoms with E-state index in [1.54, 1.807) is 6.26 Å². The first-order valence-electron chi connectivity index (χ1n) is 6.33. The van der Waals surface area contributed by atoms with E-state index in [9.17, 15) is 4.79 Å². The molecule has 0 spiro atoms. The number of hydrogen-bond donors (Lipinski definition) is 0. The summed E-state index contributed by atoms with van der Waals surface area (Å²) in [5, 5.41) is 0. The third kappa shape index (κ3) is 3.00. The Morgan fingerprint density at radius 3 is 2.58 bits per heavy atom. The summed E-state index contributed by atoms with van der Waals surface area (Å²) in [6.07, 6.45) is 3.84. The number of nitrogens with zero attached hydrogens (tertiary/aromatic N) is 1. The number of rotatable bonds is 4. The molecule has 0 atom stereocenters. The van der Waals surface area contributed by atoms with Crippen molar-refractivity contribution in [3.05, 3.63) is 57.6 Å². The van der Waals surface area contributed by atoms with Crippen molar-refractivity contribution < 1.29 is 9.21 Å². The zero-order chi connectivity index (χ0) is 13.2. The molecule has 1 amide bonds. The lowest BCUT2D eigenvalue weighted by Crippen LogP contribution is -2.32. The molecule has 1 aliphatic rings. The lowest BCUT2D eigenvalue weighted by atomic mass is 10.2. The fourth-order valence-electron chi connectivity index (χ4n) is 2.08. The van der Waals surface area contributed by atoms with Crippen LogP contribution in [0.2, 0.25) is 0 Å². The van der Waals surface area contributed by atoms with Crippen molar-refractivity contribution in [3.8, 4) is 0 Å². The Hall–Kier alpha value is -1.30. The van der Waals surface area contributed by atoms with Gasteiger partial charge in [0, 0.05) is 15.2 Å². The largest absolute Gasteiger partial charge is 0.467 e. The predicted octanol–water partition coefficient (Wildman–Crippen LogP) is 3.69. The molecular weight excluding hydrogens is 353 g/mol. The van der Waals surface area contributed by atoms with E-state index in [-0.39, 0.29) is 5.91 Å². The summed E-state index contributed by atoms with van der Waals surface area (Å²) >= 11 is 2.24. The van der Waals surface area contributed by atoms with Gasteiger partial charge < -0.3 is 9.32 Å². The standard InChI is InChI=1S/C15H14INO2/c16-12-5-3-11(4-6-12)15(18)17(13-7-8-13)10-14-2-1-9-19-14/h1-6,9,13H,7-8,10H2. The third-order valence-corrected chi connectivity index (χ3v) is 3.97. The second-order valence-corrected chi connectivity index (χ2v) is 6.00. The second kappa shape index (κ2) is 5.36. The normalized spacial score (nSPS) is 14.4. The molecule has 0 N–H and O–H groups in total. The summed E-state index contributed by atoms with van der Waals surface area (Å²) in [6.45, 7) is 0.558. The molecule has 2 aromatic rings. The molecule has 0 aliphatic heterocycles. The highest BCUT2D eigenvalue weighted by atomic mass is 127. The van der Waals surface area contributed by atoms with Gasteiger partial charge in [-0.25, -0.2) is 0 Å². The van der Waals surface area contributed by atoms with E-state index in [0.717, 1.165) is 27.7 Å². The van der Waals surface area contributed by atoms with Gasteiger partial charge in [-0.15, -0.1) is 0 Å². The number of halogens is 1. The van der Waals surface area contributed by atoms with E-state index in [1.807, 2.05) is 41.3 Å². The van der Waals surface area contributed by atoms with E-state index in [1.165, 1.54) is 0 Å². The number of hydrogen-bond acceptors (Lipinski definition) is 2. The van der Waals surface area contributed by atoms with E-state index in [0.29, 0.717) is 12.6 Å². The van der Waals surface area contributed by atoms with Crippen LogP contribution in [0.25, 0.3) is 0 Å². The van der Waals surface area contributed by atoms with E-state index >= 15 is 0 Å². The topological polar surface area (TPSA) is 33.5 Å². The van der Waals surface area contributed by atoms with Crippen molar-refractivity contribution >= 4 is 28.5 Å². The SMILES string of the molecule is O=C(c1ccc(I)cc1)N(Cc1ccco1)C1CC1. The Kier molecular flexibility index (Phi) is 3.59. The average molecular weight is 367 g/mol. The lowest BCUT2D eigenvalue weighted by molar-refractivity contribution is 0.0717. The molecule has 0 bridgehead atoms. The van der Waals surface area contributed by atoms with Crippen molar-refractivity contribution in [2.24, 2.45) is 0 Å². The van der Waals surface area contributed by atoms with Gasteiger partial charge in [0.05, 0.1) is 12.8 Å². The highest BCUT2D eigenvalue weighted by Gasteiger charge is 2.33. The molecular formula is C15H14INO2. The summed E-state index contributed by atoms with van der Waals surface area (Å²) in [4.78, 5) is 14.5. The Morgan fingerprint density at radius 2 is 2.00 bits per heavy atom. The lowest BCUT2D eigenvalue weighted by Gasteiger charge is -2.21. The minimum atomic E-state index is 0.0929. The summed E-state index contributed by atoms with van der Waals surface area (Å²) in [6, 6.07) is 11.9. The molecule has 1 aliphatic carbocycles. The van der Waals surface area contributed by atoms with Crippen LogP contribution < -0.4 is 0 Å². The minimum absolute atomic E-state index is 0.0929. The van der Waals surface area contributed by atoms with Gasteiger partial charge in [0.2, 0.25) is 0 Å². The van der Waals surface area contributed by atoms with Crippen LogP contribution in [-0.2, 0) is 6.54 Å². The maximum atomic E-state index is 12.5. The van der Waals surface area contributed by atoms with Gasteiger partial charge >= 0.3 is 0 Å². The number of amides is 1. The van der Waals surface area contributed by atoms with Crippen LogP contribution in [0.15, 0.2) is 47.1 Å². The number of furan rings is 1. The van der Waals surface area contributed by atoms with Crippen molar-refractivity contribution in [1.82, 2.24) is 4.90 Å². The molecule has 0 radical (unpaired) electrons. The molecule has 3 nitrogen and oxygen atoms in total. The maximum Gasteiger partial charge on any atom is 0.254 e. The minimum Gasteiger partial charge on any atom is -0.467 e. The second-order valence-electron chi connectivity index (χ2n) is 4.75. The molecule has 4 heteroatoms. The fraction of sp³-hybridized carbons (Fsp3) is 0.267. The van der Waals surface area contributed by atoms with Crippen LogP contribution in [-0.4, -0.2) is 16.8 Å². The highest BCUT2D eigenvalue weighted by molar-refractivity contribution is 14.1. The molecule has 0 saturated heterocycles. The summed E-state index contributed by atoms with van der Waals surface area (Å²) in [5.41, 5.74) is 0.749. The van der Waals surface area contributed by atoms with Gasteiger partial charge in [0.1, 0.15) is 5.76 Å². The first-order valence-corrected chi connectivity index (χ1v) is 7.41. The van der Waals surface area contributed by atoms with E-state index in [4.69, 9.17) is 4.42 Å². The van der Waals surface area contributed by atoms with Crippen molar-refractivity contribution in [3.63, 3.8) is 0 Å². The smallest absolute Gasteiger partial charge is 0.254 e. The van der Waals surface area contributed by atoms with Gasteiger partial charge in [-0.3, -0.25) is 4.79 Å². The van der Waals surface area contributed by atoms with Crippen molar-refractivity contribution in [2.75, 3.05) is 0 Å². The van der Waals surface area contributed by atoms with Crippen LogP contribution in [0.1, 0.15) is 29.0 Å². The van der Waals surface area contributed by atoms with Gasteiger partial charge in [-0.1, -0.05) is 0 Å². The van der Waals surface area contributed by atoms with Gasteiger partial charge in [-0.05, 0) is 71.8 Å². The number of benzene rings is 1. The Balaban J connectivity index is 1.79. The summed E-state index contributed by atoms with van der Waals surface area (Å²) in [5.74, 6) is 0.932. The van der Waals surface area contributed by atoms with Crippen LogP contribution in [0.3, 0.4) is 0 Å². The van der Waals surface area contributed by atoms with Gasteiger partial charge in [-0.2, -0.15) is 0 Å². The maximum absolute atomic E-state index is 12.5. The van der Waals surface area contributed by atoms with E-state index in [2.05, 4.69) is 22.6 Å². The van der Waals surface area contributed by atoms with E-state index < -0.39 is 0 Å². The first-order chi connectivity index (χ1) is 9.24. The summed E-state index contributed by atoms with van der Waals surface area (Å²) < 4.78 is 6.49. The molecule has 3 rings (SSSR count). The predicted molar refractivity (Wildman–Crippen MR) is 80.8 cm³/mol. The zero-order valence-corrected chi connectivity index (χ0v) is 12.5. The van der Waals surface area contributed by atoms with Gasteiger partial charge in [0.15, 0.2) is 0 Å². The van der Waals surface area contributed by atoms with Crippen LogP contribution >= 0.6 is 22.6 Å². The molecule has 1 aromatic carbocycles. The molecule has 1 saturated carbocycles. The van der Waals surface area contributed by atoms with Crippen LogP contribution in [0.4, 0.5) is 0 Å². The van der Waals surface area contributed by atoms with Crippen molar-refractivity contribution in [2.45, 2.75) is 25.4 Å². The molecule has 1 fully saturated rings.